The molecule has 0 radical (unpaired) electrons. The summed E-state index contributed by atoms with van der Waals surface area (Å²) in [5.74, 6) is 0.366. The molecule has 1 heterocycles. The molecule has 0 aromatic carbocycles. The number of nitrogens with zero attached hydrogens (tertiary/aromatic N) is 1. The van der Waals surface area contributed by atoms with Gasteiger partial charge in [-0.3, -0.25) is 4.79 Å². The van der Waals surface area contributed by atoms with E-state index in [-0.39, 0.29) is 5.91 Å². The predicted octanol–water partition coefficient (Wildman–Crippen LogP) is 1.01. The van der Waals surface area contributed by atoms with Crippen LogP contribution in [0.3, 0.4) is 0 Å². The third kappa shape index (κ3) is 3.70. The molecule has 0 bridgehead atoms. The molecule has 4 heteroatoms. The molecular formula is C12H21N3O. The standard InChI is InChI=1S/C12H21N3O/c1-9(2)7-11(13)12(16)14-8-10-5-4-6-15(10)3/h4-6,9,11H,7-8,13H2,1-3H3,(H,14,16). The van der Waals surface area contributed by atoms with Gasteiger partial charge in [-0.15, -0.1) is 0 Å². The van der Waals surface area contributed by atoms with E-state index in [0.717, 1.165) is 12.1 Å². The number of carbonyl (C=O) groups is 1. The second-order valence-corrected chi connectivity index (χ2v) is 4.56. The zero-order chi connectivity index (χ0) is 12.1. The van der Waals surface area contributed by atoms with E-state index in [1.807, 2.05) is 29.9 Å². The van der Waals surface area contributed by atoms with Gasteiger partial charge in [-0.05, 0) is 24.5 Å². The molecule has 1 aromatic heterocycles. The molecule has 0 spiro atoms. The van der Waals surface area contributed by atoms with Gasteiger partial charge in [0.1, 0.15) is 0 Å². The molecule has 1 atom stereocenters. The van der Waals surface area contributed by atoms with E-state index in [2.05, 4.69) is 19.2 Å². The summed E-state index contributed by atoms with van der Waals surface area (Å²) >= 11 is 0. The Morgan fingerprint density at radius 1 is 1.56 bits per heavy atom. The Morgan fingerprint density at radius 3 is 2.75 bits per heavy atom. The third-order valence-corrected chi connectivity index (χ3v) is 2.56. The van der Waals surface area contributed by atoms with Gasteiger partial charge in [0.25, 0.3) is 0 Å². The molecule has 0 aliphatic carbocycles. The lowest BCUT2D eigenvalue weighted by atomic mass is 10.0. The van der Waals surface area contributed by atoms with Gasteiger partial charge in [-0.25, -0.2) is 0 Å². The highest BCUT2D eigenvalue weighted by atomic mass is 16.2. The summed E-state index contributed by atoms with van der Waals surface area (Å²) in [5, 5.41) is 2.85. The van der Waals surface area contributed by atoms with Crippen LogP contribution in [0.4, 0.5) is 0 Å². The lowest BCUT2D eigenvalue weighted by Crippen LogP contribution is -2.41. The third-order valence-electron chi connectivity index (χ3n) is 2.56. The van der Waals surface area contributed by atoms with Crippen LogP contribution in [0.25, 0.3) is 0 Å². The van der Waals surface area contributed by atoms with Gasteiger partial charge in [-0.2, -0.15) is 0 Å². The van der Waals surface area contributed by atoms with Crippen molar-refractivity contribution in [2.75, 3.05) is 0 Å². The number of amides is 1. The Labute approximate surface area is 96.8 Å². The van der Waals surface area contributed by atoms with Crippen molar-refractivity contribution in [1.29, 1.82) is 0 Å². The quantitative estimate of drug-likeness (QED) is 0.782. The first-order valence-corrected chi connectivity index (χ1v) is 5.64. The second kappa shape index (κ2) is 5.70. The number of hydrogen-bond acceptors (Lipinski definition) is 2. The van der Waals surface area contributed by atoms with Gasteiger partial charge in [0.15, 0.2) is 0 Å². The molecule has 0 saturated heterocycles. The Balaban J connectivity index is 2.38. The first-order valence-electron chi connectivity index (χ1n) is 5.64. The van der Waals surface area contributed by atoms with E-state index in [9.17, 15) is 4.79 Å². The summed E-state index contributed by atoms with van der Waals surface area (Å²) in [6.07, 6.45) is 2.68. The number of nitrogens with two attached hydrogens (primary N) is 1. The van der Waals surface area contributed by atoms with Gasteiger partial charge in [0.2, 0.25) is 5.91 Å². The lowest BCUT2D eigenvalue weighted by Gasteiger charge is -2.14. The number of aryl methyl sites for hydroxylation is 1. The zero-order valence-corrected chi connectivity index (χ0v) is 10.2. The minimum Gasteiger partial charge on any atom is -0.353 e. The number of hydrogen-bond donors (Lipinski definition) is 2. The molecule has 1 aromatic rings. The lowest BCUT2D eigenvalue weighted by molar-refractivity contribution is -0.122. The Kier molecular flexibility index (Phi) is 4.55. The molecule has 90 valence electrons. The summed E-state index contributed by atoms with van der Waals surface area (Å²) < 4.78 is 1.98. The SMILES string of the molecule is CC(C)CC(N)C(=O)NCc1cccn1C. The molecule has 16 heavy (non-hydrogen) atoms. The highest BCUT2D eigenvalue weighted by Gasteiger charge is 2.14. The number of aromatic nitrogens is 1. The van der Waals surface area contributed by atoms with Crippen LogP contribution in [0.1, 0.15) is 26.0 Å². The maximum Gasteiger partial charge on any atom is 0.237 e. The van der Waals surface area contributed by atoms with Gasteiger partial charge in [0, 0.05) is 18.9 Å². The fraction of sp³-hybridized carbons (Fsp3) is 0.583. The second-order valence-electron chi connectivity index (χ2n) is 4.56. The van der Waals surface area contributed by atoms with E-state index < -0.39 is 6.04 Å². The van der Waals surface area contributed by atoms with Crippen LogP contribution < -0.4 is 11.1 Å². The van der Waals surface area contributed by atoms with E-state index in [4.69, 9.17) is 5.73 Å². The molecule has 1 amide bonds. The Morgan fingerprint density at radius 2 is 2.25 bits per heavy atom. The molecular weight excluding hydrogens is 202 g/mol. The fourth-order valence-corrected chi connectivity index (χ4v) is 1.60. The summed E-state index contributed by atoms with van der Waals surface area (Å²) in [5.41, 5.74) is 6.85. The largest absolute Gasteiger partial charge is 0.353 e. The van der Waals surface area contributed by atoms with Crippen LogP contribution in [0.15, 0.2) is 18.3 Å². The minimum atomic E-state index is -0.403. The minimum absolute atomic E-state index is 0.0742. The molecule has 0 aliphatic heterocycles. The average molecular weight is 223 g/mol. The average Bonchev–Trinajstić information content (AvgIpc) is 2.59. The molecule has 0 saturated carbocycles. The zero-order valence-electron chi connectivity index (χ0n) is 10.2. The smallest absolute Gasteiger partial charge is 0.237 e. The van der Waals surface area contributed by atoms with Gasteiger partial charge in [0.05, 0.1) is 12.6 Å². The van der Waals surface area contributed by atoms with Gasteiger partial charge >= 0.3 is 0 Å². The molecule has 0 aliphatic rings. The predicted molar refractivity (Wildman–Crippen MR) is 64.7 cm³/mol. The van der Waals surface area contributed by atoms with Crippen LogP contribution in [0.5, 0.6) is 0 Å². The molecule has 1 unspecified atom stereocenters. The summed E-state index contributed by atoms with van der Waals surface area (Å²) in [6.45, 7) is 4.66. The van der Waals surface area contributed by atoms with Crippen molar-refractivity contribution in [2.24, 2.45) is 18.7 Å². The molecule has 0 fully saturated rings. The first-order chi connectivity index (χ1) is 7.50. The van der Waals surface area contributed by atoms with Crippen LogP contribution >= 0.6 is 0 Å². The van der Waals surface area contributed by atoms with Crippen LogP contribution in [0.2, 0.25) is 0 Å². The Bertz CT molecular complexity index is 344. The molecule has 1 rings (SSSR count). The van der Waals surface area contributed by atoms with Crippen molar-refractivity contribution in [1.82, 2.24) is 9.88 Å². The van der Waals surface area contributed by atoms with Crippen molar-refractivity contribution in [3.05, 3.63) is 24.0 Å². The van der Waals surface area contributed by atoms with E-state index in [1.54, 1.807) is 0 Å². The normalized spacial score (nSPS) is 12.8. The van der Waals surface area contributed by atoms with Crippen LogP contribution in [-0.2, 0) is 18.4 Å². The van der Waals surface area contributed by atoms with Gasteiger partial charge in [-0.1, -0.05) is 13.8 Å². The van der Waals surface area contributed by atoms with Crippen molar-refractivity contribution in [3.8, 4) is 0 Å². The van der Waals surface area contributed by atoms with Gasteiger partial charge < -0.3 is 15.6 Å². The van der Waals surface area contributed by atoms with E-state index in [0.29, 0.717) is 12.5 Å². The number of rotatable bonds is 5. The monoisotopic (exact) mass is 223 g/mol. The molecule has 4 nitrogen and oxygen atoms in total. The van der Waals surface area contributed by atoms with Crippen molar-refractivity contribution in [3.63, 3.8) is 0 Å². The highest BCUT2D eigenvalue weighted by molar-refractivity contribution is 5.81. The Hall–Kier alpha value is -1.29. The van der Waals surface area contributed by atoms with Crippen LogP contribution in [-0.4, -0.2) is 16.5 Å². The fourth-order valence-electron chi connectivity index (χ4n) is 1.60. The van der Waals surface area contributed by atoms with Crippen LogP contribution in [0, 0.1) is 5.92 Å². The van der Waals surface area contributed by atoms with Crippen molar-refractivity contribution in [2.45, 2.75) is 32.9 Å². The summed E-state index contributed by atoms with van der Waals surface area (Å²) in [4.78, 5) is 11.6. The highest BCUT2D eigenvalue weighted by Crippen LogP contribution is 2.03. The summed E-state index contributed by atoms with van der Waals surface area (Å²) in [7, 11) is 1.95. The van der Waals surface area contributed by atoms with E-state index in [1.165, 1.54) is 0 Å². The van der Waals surface area contributed by atoms with Crippen molar-refractivity contribution < 1.29 is 4.79 Å². The maximum absolute atomic E-state index is 11.6. The number of carbonyl (C=O) groups excluding carboxylic acids is 1. The summed E-state index contributed by atoms with van der Waals surface area (Å²) in [6, 6.07) is 3.53. The topological polar surface area (TPSA) is 60.1 Å². The number of nitrogens with one attached hydrogen (secondary N) is 1. The maximum atomic E-state index is 11.6. The van der Waals surface area contributed by atoms with Crippen molar-refractivity contribution >= 4 is 5.91 Å². The first kappa shape index (κ1) is 12.8. The van der Waals surface area contributed by atoms with E-state index >= 15 is 0 Å². The molecule has 3 N–H and O–H groups in total.